The first-order valence-corrected chi connectivity index (χ1v) is 6.65. The zero-order valence-electron chi connectivity index (χ0n) is 10.4. The molecule has 0 fully saturated rings. The number of hydrogen-bond donors (Lipinski definition) is 1. The van der Waals surface area contributed by atoms with E-state index in [-0.39, 0.29) is 12.5 Å². The summed E-state index contributed by atoms with van der Waals surface area (Å²) >= 11 is 1.40. The van der Waals surface area contributed by atoms with Crippen LogP contribution in [-0.4, -0.2) is 18.5 Å². The predicted octanol–water partition coefficient (Wildman–Crippen LogP) is 2.85. The van der Waals surface area contributed by atoms with Crippen molar-refractivity contribution >= 4 is 28.9 Å². The van der Waals surface area contributed by atoms with Crippen molar-refractivity contribution < 1.29 is 14.3 Å². The van der Waals surface area contributed by atoms with Crippen LogP contribution in [0.2, 0.25) is 0 Å². The van der Waals surface area contributed by atoms with Gasteiger partial charge in [0.15, 0.2) is 6.61 Å². The third-order valence-electron chi connectivity index (χ3n) is 2.43. The van der Waals surface area contributed by atoms with Crippen molar-refractivity contribution in [2.75, 3.05) is 11.9 Å². The topological polar surface area (TPSA) is 55.4 Å². The molecule has 0 atom stereocenters. The summed E-state index contributed by atoms with van der Waals surface area (Å²) in [5, 5.41) is 6.12. The van der Waals surface area contributed by atoms with Gasteiger partial charge in [-0.3, -0.25) is 4.79 Å². The van der Waals surface area contributed by atoms with Crippen LogP contribution >= 0.6 is 11.3 Å². The minimum absolute atomic E-state index is 0.289. The standard InChI is InChI=1S/C14H13NO3S/c1-10-2-4-12(5-3-10)15-13(16)8-18-14(17)11-6-7-19-9-11/h2-7,9H,8H2,1H3,(H,15,16). The lowest BCUT2D eigenvalue weighted by Gasteiger charge is -2.06. The van der Waals surface area contributed by atoms with Crippen LogP contribution < -0.4 is 5.32 Å². The Morgan fingerprint density at radius 1 is 1.21 bits per heavy atom. The Labute approximate surface area is 115 Å². The van der Waals surface area contributed by atoms with Gasteiger partial charge >= 0.3 is 5.97 Å². The van der Waals surface area contributed by atoms with E-state index in [2.05, 4.69) is 5.32 Å². The van der Waals surface area contributed by atoms with Gasteiger partial charge in [0.25, 0.3) is 5.91 Å². The lowest BCUT2D eigenvalue weighted by atomic mass is 10.2. The van der Waals surface area contributed by atoms with Crippen LogP contribution in [0.25, 0.3) is 0 Å². The molecule has 98 valence electrons. The Morgan fingerprint density at radius 3 is 2.58 bits per heavy atom. The summed E-state index contributed by atoms with van der Waals surface area (Å²) in [6.45, 7) is 1.68. The average Bonchev–Trinajstić information content (AvgIpc) is 2.93. The highest BCUT2D eigenvalue weighted by Gasteiger charge is 2.10. The number of amides is 1. The number of esters is 1. The minimum atomic E-state index is -0.486. The number of benzene rings is 1. The molecule has 2 rings (SSSR count). The van der Waals surface area contributed by atoms with Crippen LogP contribution in [0.1, 0.15) is 15.9 Å². The Morgan fingerprint density at radius 2 is 1.95 bits per heavy atom. The molecule has 19 heavy (non-hydrogen) atoms. The van der Waals surface area contributed by atoms with Crippen LogP contribution in [0.15, 0.2) is 41.1 Å². The molecule has 0 unspecified atom stereocenters. The van der Waals surface area contributed by atoms with Gasteiger partial charge in [-0.15, -0.1) is 0 Å². The summed E-state index contributed by atoms with van der Waals surface area (Å²) in [4.78, 5) is 23.1. The summed E-state index contributed by atoms with van der Waals surface area (Å²) in [5.41, 5.74) is 2.26. The number of carbonyl (C=O) groups excluding carboxylic acids is 2. The molecule has 1 amide bonds. The first-order valence-electron chi connectivity index (χ1n) is 5.71. The number of carbonyl (C=O) groups is 2. The van der Waals surface area contributed by atoms with Crippen LogP contribution in [0, 0.1) is 6.92 Å². The Balaban J connectivity index is 1.82. The summed E-state index contributed by atoms with van der Waals surface area (Å²) in [6, 6.07) is 9.05. The fraction of sp³-hybridized carbons (Fsp3) is 0.143. The lowest BCUT2D eigenvalue weighted by Crippen LogP contribution is -2.20. The molecule has 1 aromatic heterocycles. The second-order valence-electron chi connectivity index (χ2n) is 4.00. The smallest absolute Gasteiger partial charge is 0.339 e. The molecule has 0 saturated carbocycles. The van der Waals surface area contributed by atoms with Crippen molar-refractivity contribution in [3.8, 4) is 0 Å². The van der Waals surface area contributed by atoms with Crippen LogP contribution in [-0.2, 0) is 9.53 Å². The quantitative estimate of drug-likeness (QED) is 0.873. The fourth-order valence-corrected chi connectivity index (χ4v) is 2.05. The monoisotopic (exact) mass is 275 g/mol. The Bertz CT molecular complexity index is 561. The Kier molecular flexibility index (Phi) is 4.30. The normalized spacial score (nSPS) is 9.95. The molecule has 0 aliphatic carbocycles. The third-order valence-corrected chi connectivity index (χ3v) is 3.11. The molecular weight excluding hydrogens is 262 g/mol. The van der Waals surface area contributed by atoms with Crippen molar-refractivity contribution in [3.63, 3.8) is 0 Å². The van der Waals surface area contributed by atoms with E-state index in [9.17, 15) is 9.59 Å². The first kappa shape index (κ1) is 13.3. The number of rotatable bonds is 4. The van der Waals surface area contributed by atoms with Gasteiger partial charge in [-0.05, 0) is 30.5 Å². The van der Waals surface area contributed by atoms with Gasteiger partial charge in [-0.1, -0.05) is 17.7 Å². The van der Waals surface area contributed by atoms with E-state index < -0.39 is 5.97 Å². The summed E-state index contributed by atoms with van der Waals surface area (Å²) in [6.07, 6.45) is 0. The molecule has 0 radical (unpaired) electrons. The maximum Gasteiger partial charge on any atom is 0.339 e. The zero-order chi connectivity index (χ0) is 13.7. The number of nitrogens with one attached hydrogen (secondary N) is 1. The Hall–Kier alpha value is -2.14. The summed E-state index contributed by atoms with van der Waals surface area (Å²) in [5.74, 6) is -0.840. The number of thiophene rings is 1. The SMILES string of the molecule is Cc1ccc(NC(=O)COC(=O)c2ccsc2)cc1. The van der Waals surface area contributed by atoms with Crippen molar-refractivity contribution in [3.05, 3.63) is 52.2 Å². The van der Waals surface area contributed by atoms with Crippen molar-refractivity contribution in [2.24, 2.45) is 0 Å². The first-order chi connectivity index (χ1) is 9.15. The number of ether oxygens (including phenoxy) is 1. The van der Waals surface area contributed by atoms with E-state index in [0.29, 0.717) is 11.3 Å². The minimum Gasteiger partial charge on any atom is -0.452 e. The molecule has 1 aromatic carbocycles. The summed E-state index contributed by atoms with van der Waals surface area (Å²) < 4.78 is 4.90. The van der Waals surface area contributed by atoms with Gasteiger partial charge in [0.1, 0.15) is 0 Å². The maximum absolute atomic E-state index is 11.6. The highest BCUT2D eigenvalue weighted by Crippen LogP contribution is 2.09. The third kappa shape index (κ3) is 3.93. The lowest BCUT2D eigenvalue weighted by molar-refractivity contribution is -0.119. The molecule has 1 N–H and O–H groups in total. The molecule has 4 nitrogen and oxygen atoms in total. The highest BCUT2D eigenvalue weighted by molar-refractivity contribution is 7.08. The highest BCUT2D eigenvalue weighted by atomic mass is 32.1. The van der Waals surface area contributed by atoms with E-state index in [0.717, 1.165) is 5.56 Å². The van der Waals surface area contributed by atoms with E-state index in [1.165, 1.54) is 11.3 Å². The second kappa shape index (κ2) is 6.15. The second-order valence-corrected chi connectivity index (χ2v) is 4.78. The van der Waals surface area contributed by atoms with Crippen LogP contribution in [0.5, 0.6) is 0 Å². The van der Waals surface area contributed by atoms with E-state index >= 15 is 0 Å². The van der Waals surface area contributed by atoms with E-state index in [1.54, 1.807) is 29.0 Å². The number of anilines is 1. The molecule has 0 aliphatic heterocycles. The van der Waals surface area contributed by atoms with E-state index in [4.69, 9.17) is 4.74 Å². The van der Waals surface area contributed by atoms with Gasteiger partial charge in [0, 0.05) is 11.1 Å². The molecule has 0 spiro atoms. The predicted molar refractivity (Wildman–Crippen MR) is 74.4 cm³/mol. The zero-order valence-corrected chi connectivity index (χ0v) is 11.2. The number of hydrogen-bond acceptors (Lipinski definition) is 4. The van der Waals surface area contributed by atoms with Gasteiger partial charge in [-0.25, -0.2) is 4.79 Å². The van der Waals surface area contributed by atoms with Gasteiger partial charge in [0.05, 0.1) is 5.56 Å². The van der Waals surface area contributed by atoms with Crippen molar-refractivity contribution in [1.29, 1.82) is 0 Å². The van der Waals surface area contributed by atoms with Crippen molar-refractivity contribution in [2.45, 2.75) is 6.92 Å². The van der Waals surface area contributed by atoms with Crippen LogP contribution in [0.4, 0.5) is 5.69 Å². The van der Waals surface area contributed by atoms with Gasteiger partial charge in [0.2, 0.25) is 0 Å². The molecular formula is C14H13NO3S. The molecule has 0 bridgehead atoms. The molecule has 5 heteroatoms. The molecule has 0 saturated heterocycles. The largest absolute Gasteiger partial charge is 0.452 e. The summed E-state index contributed by atoms with van der Waals surface area (Å²) in [7, 11) is 0. The van der Waals surface area contributed by atoms with Crippen molar-refractivity contribution in [1.82, 2.24) is 0 Å². The van der Waals surface area contributed by atoms with Crippen LogP contribution in [0.3, 0.4) is 0 Å². The molecule has 0 aliphatic rings. The maximum atomic E-state index is 11.6. The van der Waals surface area contributed by atoms with E-state index in [1.807, 2.05) is 19.1 Å². The van der Waals surface area contributed by atoms with Gasteiger partial charge < -0.3 is 10.1 Å². The fourth-order valence-electron chi connectivity index (χ4n) is 1.43. The molecule has 2 aromatic rings. The average molecular weight is 275 g/mol. The molecule has 1 heterocycles. The van der Waals surface area contributed by atoms with Gasteiger partial charge in [-0.2, -0.15) is 11.3 Å². The number of aryl methyl sites for hydroxylation is 1.